The number of aromatic nitrogens is 3. The van der Waals surface area contributed by atoms with E-state index in [4.69, 9.17) is 9.15 Å². The lowest BCUT2D eigenvalue weighted by Crippen LogP contribution is -2.20. The lowest BCUT2D eigenvalue weighted by atomic mass is 10.1. The summed E-state index contributed by atoms with van der Waals surface area (Å²) in [7, 11) is 0. The fourth-order valence-electron chi connectivity index (χ4n) is 2.71. The lowest BCUT2D eigenvalue weighted by molar-refractivity contribution is 0.101. The van der Waals surface area contributed by atoms with Gasteiger partial charge in [0.25, 0.3) is 0 Å². The van der Waals surface area contributed by atoms with E-state index in [1.807, 2.05) is 16.7 Å². The van der Waals surface area contributed by atoms with Crippen LogP contribution in [-0.4, -0.2) is 44.1 Å². The maximum absolute atomic E-state index is 11.3. The molecule has 0 aliphatic heterocycles. The average molecular weight is 416 g/mol. The van der Waals surface area contributed by atoms with Crippen molar-refractivity contribution >= 4 is 17.5 Å². The van der Waals surface area contributed by atoms with Crippen LogP contribution in [0.1, 0.15) is 31.1 Å². The molecular weight excluding hydrogens is 390 g/mol. The molecule has 1 aromatic carbocycles. The Labute approximate surface area is 174 Å². The molecule has 1 atom stereocenters. The highest BCUT2D eigenvalue weighted by Gasteiger charge is 2.18. The lowest BCUT2D eigenvalue weighted by Gasteiger charge is -2.14. The van der Waals surface area contributed by atoms with Gasteiger partial charge in [0.15, 0.2) is 22.5 Å². The third-order valence-electron chi connectivity index (χ3n) is 4.11. The zero-order valence-corrected chi connectivity index (χ0v) is 17.6. The van der Waals surface area contributed by atoms with Crippen LogP contribution in [0.2, 0.25) is 0 Å². The number of carbonyl (C=O) groups is 1. The van der Waals surface area contributed by atoms with E-state index < -0.39 is 6.10 Å². The summed E-state index contributed by atoms with van der Waals surface area (Å²) in [6, 6.07) is 10.6. The van der Waals surface area contributed by atoms with Gasteiger partial charge in [0.1, 0.15) is 12.4 Å². The van der Waals surface area contributed by atoms with Crippen LogP contribution in [0, 0.1) is 5.92 Å². The second kappa shape index (κ2) is 9.76. The molecule has 0 aliphatic carbocycles. The van der Waals surface area contributed by atoms with Crippen molar-refractivity contribution in [1.29, 1.82) is 0 Å². The Balaban J connectivity index is 1.58. The highest BCUT2D eigenvalue weighted by atomic mass is 32.2. The van der Waals surface area contributed by atoms with Crippen LogP contribution in [0.3, 0.4) is 0 Å². The molecule has 7 nitrogen and oxygen atoms in total. The van der Waals surface area contributed by atoms with Gasteiger partial charge in [-0.15, -0.1) is 10.2 Å². The number of hydrogen-bond acceptors (Lipinski definition) is 7. The van der Waals surface area contributed by atoms with Gasteiger partial charge >= 0.3 is 0 Å². The highest BCUT2D eigenvalue weighted by Crippen LogP contribution is 2.26. The van der Waals surface area contributed by atoms with E-state index in [-0.39, 0.29) is 12.4 Å². The Kier molecular flexibility index (Phi) is 7.11. The Bertz CT molecular complexity index is 920. The number of benzene rings is 1. The number of aliphatic hydroxyl groups is 1. The van der Waals surface area contributed by atoms with Gasteiger partial charge in [-0.25, -0.2) is 0 Å². The normalized spacial score (nSPS) is 12.3. The second-order valence-corrected chi connectivity index (χ2v) is 8.13. The van der Waals surface area contributed by atoms with Crippen LogP contribution in [-0.2, 0) is 6.54 Å². The van der Waals surface area contributed by atoms with Gasteiger partial charge in [-0.05, 0) is 49.2 Å². The predicted molar refractivity (Wildman–Crippen MR) is 111 cm³/mol. The number of thioether (sulfide) groups is 1. The molecule has 0 saturated heterocycles. The maximum Gasteiger partial charge on any atom is 0.200 e. The van der Waals surface area contributed by atoms with Gasteiger partial charge in [-0.1, -0.05) is 25.6 Å². The molecule has 0 bridgehead atoms. The summed E-state index contributed by atoms with van der Waals surface area (Å²) in [5, 5.41) is 19.6. The van der Waals surface area contributed by atoms with Crippen LogP contribution in [0.15, 0.2) is 52.2 Å². The van der Waals surface area contributed by atoms with Gasteiger partial charge in [-0.3, -0.25) is 9.36 Å². The van der Waals surface area contributed by atoms with E-state index in [2.05, 4.69) is 24.0 Å². The Hall–Kier alpha value is -2.58. The van der Waals surface area contributed by atoms with Crippen molar-refractivity contribution in [3.8, 4) is 17.3 Å². The van der Waals surface area contributed by atoms with Crippen molar-refractivity contribution in [2.24, 2.45) is 5.92 Å². The van der Waals surface area contributed by atoms with Crippen LogP contribution in [0.25, 0.3) is 11.6 Å². The number of ketones is 1. The van der Waals surface area contributed by atoms with E-state index >= 15 is 0 Å². The van der Waals surface area contributed by atoms with Crippen molar-refractivity contribution in [3.63, 3.8) is 0 Å². The number of carbonyl (C=O) groups excluding carboxylic acids is 1. The van der Waals surface area contributed by atoms with E-state index in [9.17, 15) is 9.90 Å². The average Bonchev–Trinajstić information content (AvgIpc) is 3.34. The first-order valence-corrected chi connectivity index (χ1v) is 10.4. The summed E-state index contributed by atoms with van der Waals surface area (Å²) < 4.78 is 13.1. The quantitative estimate of drug-likeness (QED) is 0.396. The minimum absolute atomic E-state index is 0.00686. The zero-order valence-electron chi connectivity index (χ0n) is 16.7. The molecule has 2 aromatic heterocycles. The fourth-order valence-corrected chi connectivity index (χ4v) is 3.56. The molecule has 154 valence electrons. The number of ether oxygens (including phenoxy) is 1. The standard InChI is InChI=1S/C21H25N3O4S/c1-14(2)11-24-20(19-5-4-10-27-19)22-23-21(24)29-13-17(26)12-28-18-8-6-16(7-9-18)15(3)25/h4-10,14,17,26H,11-13H2,1-3H3. The third kappa shape index (κ3) is 5.71. The molecule has 1 N–H and O–H groups in total. The molecule has 0 spiro atoms. The minimum Gasteiger partial charge on any atom is -0.491 e. The summed E-state index contributed by atoms with van der Waals surface area (Å²) in [6.45, 7) is 6.67. The Morgan fingerprint density at radius 3 is 2.62 bits per heavy atom. The van der Waals surface area contributed by atoms with Crippen LogP contribution in [0.4, 0.5) is 0 Å². The van der Waals surface area contributed by atoms with Crippen LogP contribution < -0.4 is 4.74 Å². The molecule has 0 aliphatic rings. The summed E-state index contributed by atoms with van der Waals surface area (Å²) in [5.41, 5.74) is 0.630. The highest BCUT2D eigenvalue weighted by molar-refractivity contribution is 7.99. The van der Waals surface area contributed by atoms with Crippen LogP contribution >= 0.6 is 11.8 Å². The van der Waals surface area contributed by atoms with Crippen molar-refractivity contribution in [2.45, 2.75) is 38.6 Å². The van der Waals surface area contributed by atoms with Gasteiger partial charge in [0, 0.05) is 17.9 Å². The monoisotopic (exact) mass is 415 g/mol. The van der Waals surface area contributed by atoms with Gasteiger partial charge in [-0.2, -0.15) is 0 Å². The number of hydrogen-bond donors (Lipinski definition) is 1. The number of furan rings is 1. The maximum atomic E-state index is 11.3. The van der Waals surface area contributed by atoms with Gasteiger partial charge < -0.3 is 14.3 Å². The summed E-state index contributed by atoms with van der Waals surface area (Å²) in [6.07, 6.45) is 0.935. The fraction of sp³-hybridized carbons (Fsp3) is 0.381. The van der Waals surface area contributed by atoms with Crippen molar-refractivity contribution in [3.05, 3.63) is 48.2 Å². The topological polar surface area (TPSA) is 90.4 Å². The zero-order chi connectivity index (χ0) is 20.8. The first kappa shape index (κ1) is 21.1. The molecule has 8 heteroatoms. The van der Waals surface area contributed by atoms with Crippen molar-refractivity contribution in [2.75, 3.05) is 12.4 Å². The van der Waals surface area contributed by atoms with Crippen molar-refractivity contribution < 1.29 is 19.1 Å². The molecule has 0 amide bonds. The molecule has 0 fully saturated rings. The summed E-state index contributed by atoms with van der Waals surface area (Å²) >= 11 is 1.43. The molecule has 2 heterocycles. The second-order valence-electron chi connectivity index (χ2n) is 7.14. The molecule has 0 saturated carbocycles. The number of Topliss-reactive ketones (excluding diaryl/α,β-unsaturated/α-hetero) is 1. The Morgan fingerprint density at radius 1 is 1.24 bits per heavy atom. The summed E-state index contributed by atoms with van der Waals surface area (Å²) in [5.74, 6) is 2.80. The van der Waals surface area contributed by atoms with E-state index in [1.165, 1.54) is 18.7 Å². The van der Waals surface area contributed by atoms with Crippen LogP contribution in [0.5, 0.6) is 5.75 Å². The Morgan fingerprint density at radius 2 is 2.00 bits per heavy atom. The van der Waals surface area contributed by atoms with E-state index in [1.54, 1.807) is 30.5 Å². The van der Waals surface area contributed by atoms with Crippen molar-refractivity contribution in [1.82, 2.24) is 14.8 Å². The van der Waals surface area contributed by atoms with E-state index in [0.717, 1.165) is 11.7 Å². The van der Waals surface area contributed by atoms with E-state index in [0.29, 0.717) is 34.6 Å². The van der Waals surface area contributed by atoms with Gasteiger partial charge in [0.05, 0.1) is 12.4 Å². The SMILES string of the molecule is CC(=O)c1ccc(OCC(O)CSc2nnc(-c3ccco3)n2CC(C)C)cc1. The largest absolute Gasteiger partial charge is 0.491 e. The smallest absolute Gasteiger partial charge is 0.200 e. The molecule has 1 unspecified atom stereocenters. The number of aliphatic hydroxyl groups excluding tert-OH is 1. The molecule has 3 aromatic rings. The first-order valence-electron chi connectivity index (χ1n) is 9.45. The number of rotatable bonds is 10. The number of nitrogens with zero attached hydrogens (tertiary/aromatic N) is 3. The molecular formula is C21H25N3O4S. The first-order chi connectivity index (χ1) is 13.9. The molecule has 0 radical (unpaired) electrons. The predicted octanol–water partition coefficient (Wildman–Crippen LogP) is 3.93. The van der Waals surface area contributed by atoms with Gasteiger partial charge in [0.2, 0.25) is 0 Å². The third-order valence-corrected chi connectivity index (χ3v) is 5.23. The molecule has 29 heavy (non-hydrogen) atoms. The molecule has 3 rings (SSSR count). The summed E-state index contributed by atoms with van der Waals surface area (Å²) in [4.78, 5) is 11.3. The minimum atomic E-state index is -0.677.